The Morgan fingerprint density at radius 1 is 0.911 bits per heavy atom. The molecule has 1 saturated heterocycles. The molecule has 0 saturated carbocycles. The van der Waals surface area contributed by atoms with Crippen molar-refractivity contribution in [2.45, 2.75) is 45.1 Å². The zero-order chi connectivity index (χ0) is 32.8. The van der Waals surface area contributed by atoms with Gasteiger partial charge < -0.3 is 9.64 Å². The molecule has 1 aliphatic rings. The molecule has 0 radical (unpaired) electrons. The molecule has 5 rings (SSSR count). The molecule has 0 unspecified atom stereocenters. The molecular formula is C28H25ClF6N8O2. The third-order valence-corrected chi connectivity index (χ3v) is 6.75. The zero-order valence-corrected chi connectivity index (χ0v) is 24.5. The number of nitrogens with zero attached hydrogens (tertiary/aromatic N) is 8. The van der Waals surface area contributed by atoms with Gasteiger partial charge in [-0.25, -0.2) is 34.9 Å². The second-order valence-electron chi connectivity index (χ2n) is 10.0. The number of carbonyl (C=O) groups is 1. The van der Waals surface area contributed by atoms with E-state index in [0.29, 0.717) is 54.8 Å². The van der Waals surface area contributed by atoms with Crippen LogP contribution >= 0.6 is 11.6 Å². The SMILES string of the molecule is Cc1ccc(-c2ncccn2)c(C(=O)N2C[C@@H](C)CC[C@H]2COc2ncc(C(F)(F)F)cn2)n1.FC(F)(F)c1cnc(Cl)nc1. The molecule has 4 aromatic rings. The van der Waals surface area contributed by atoms with E-state index in [9.17, 15) is 31.1 Å². The number of aryl methyl sites for hydroxylation is 1. The zero-order valence-electron chi connectivity index (χ0n) is 23.7. The highest BCUT2D eigenvalue weighted by Crippen LogP contribution is 2.30. The molecule has 10 nitrogen and oxygen atoms in total. The normalized spacial score (nSPS) is 16.9. The van der Waals surface area contributed by atoms with Gasteiger partial charge in [-0.2, -0.15) is 26.3 Å². The highest BCUT2D eigenvalue weighted by molar-refractivity contribution is 6.28. The van der Waals surface area contributed by atoms with Gasteiger partial charge in [0, 0.05) is 49.4 Å². The lowest BCUT2D eigenvalue weighted by Crippen LogP contribution is -2.49. The summed E-state index contributed by atoms with van der Waals surface area (Å²) in [5, 5.41) is -0.196. The predicted octanol–water partition coefficient (Wildman–Crippen LogP) is 6.12. The summed E-state index contributed by atoms with van der Waals surface area (Å²) in [5.41, 5.74) is -0.401. The van der Waals surface area contributed by atoms with Crippen molar-refractivity contribution in [3.63, 3.8) is 0 Å². The molecule has 0 aliphatic carbocycles. The second kappa shape index (κ2) is 14.1. The van der Waals surface area contributed by atoms with Gasteiger partial charge in [-0.3, -0.25) is 4.79 Å². The van der Waals surface area contributed by atoms with Crippen LogP contribution in [-0.4, -0.2) is 64.9 Å². The number of amides is 1. The molecule has 1 aliphatic heterocycles. The third-order valence-electron chi connectivity index (χ3n) is 6.55. The molecule has 4 aromatic heterocycles. The number of likely N-dealkylation sites (tertiary alicyclic amines) is 1. The molecule has 0 bridgehead atoms. The first-order valence-corrected chi connectivity index (χ1v) is 13.7. The van der Waals surface area contributed by atoms with E-state index in [1.165, 1.54) is 0 Å². The van der Waals surface area contributed by atoms with Gasteiger partial charge in [0.15, 0.2) is 5.82 Å². The first kappa shape index (κ1) is 33.4. The van der Waals surface area contributed by atoms with E-state index in [-0.39, 0.29) is 41.5 Å². The van der Waals surface area contributed by atoms with Crippen molar-refractivity contribution < 1.29 is 35.9 Å². The summed E-state index contributed by atoms with van der Waals surface area (Å²) in [4.78, 5) is 42.0. The van der Waals surface area contributed by atoms with Crippen LogP contribution in [0.2, 0.25) is 5.28 Å². The van der Waals surface area contributed by atoms with Gasteiger partial charge in [-0.1, -0.05) is 6.92 Å². The second-order valence-corrected chi connectivity index (χ2v) is 10.4. The number of alkyl halides is 6. The van der Waals surface area contributed by atoms with E-state index in [0.717, 1.165) is 6.42 Å². The first-order valence-electron chi connectivity index (χ1n) is 13.3. The van der Waals surface area contributed by atoms with Crippen molar-refractivity contribution in [3.8, 4) is 17.4 Å². The van der Waals surface area contributed by atoms with E-state index >= 15 is 0 Å². The number of aromatic nitrogens is 7. The van der Waals surface area contributed by atoms with Crippen molar-refractivity contribution in [2.24, 2.45) is 5.92 Å². The molecule has 238 valence electrons. The number of hydrogen-bond donors (Lipinski definition) is 0. The Bertz CT molecular complexity index is 1580. The van der Waals surface area contributed by atoms with Crippen LogP contribution in [0.25, 0.3) is 11.4 Å². The molecule has 17 heteroatoms. The smallest absolute Gasteiger partial charge is 0.419 e. The Hall–Kier alpha value is -4.47. The highest BCUT2D eigenvalue weighted by Gasteiger charge is 2.34. The Morgan fingerprint density at radius 2 is 1.49 bits per heavy atom. The number of carbonyl (C=O) groups excluding carboxylic acids is 1. The summed E-state index contributed by atoms with van der Waals surface area (Å²) >= 11 is 5.17. The predicted molar refractivity (Wildman–Crippen MR) is 148 cm³/mol. The molecule has 0 aromatic carbocycles. The third kappa shape index (κ3) is 9.03. The van der Waals surface area contributed by atoms with Crippen LogP contribution < -0.4 is 4.74 Å². The highest BCUT2D eigenvalue weighted by atomic mass is 35.5. The minimum Gasteiger partial charge on any atom is -0.461 e. The topological polar surface area (TPSA) is 120 Å². The van der Waals surface area contributed by atoms with Crippen LogP contribution in [0, 0.1) is 12.8 Å². The van der Waals surface area contributed by atoms with Gasteiger partial charge in [-0.15, -0.1) is 0 Å². The molecule has 0 spiro atoms. The average molecular weight is 655 g/mol. The van der Waals surface area contributed by atoms with Crippen molar-refractivity contribution in [2.75, 3.05) is 13.2 Å². The fourth-order valence-corrected chi connectivity index (χ4v) is 4.37. The monoisotopic (exact) mass is 654 g/mol. The van der Waals surface area contributed by atoms with Crippen LogP contribution in [0.3, 0.4) is 0 Å². The van der Waals surface area contributed by atoms with E-state index in [4.69, 9.17) is 16.3 Å². The quantitative estimate of drug-likeness (QED) is 0.185. The van der Waals surface area contributed by atoms with Crippen molar-refractivity contribution >= 4 is 17.5 Å². The van der Waals surface area contributed by atoms with Crippen molar-refractivity contribution in [1.29, 1.82) is 0 Å². The largest absolute Gasteiger partial charge is 0.461 e. The lowest BCUT2D eigenvalue weighted by atomic mass is 9.93. The van der Waals surface area contributed by atoms with Gasteiger partial charge in [0.25, 0.3) is 5.91 Å². The average Bonchev–Trinajstić information content (AvgIpc) is 3.00. The van der Waals surface area contributed by atoms with Crippen LogP contribution in [0.4, 0.5) is 26.3 Å². The maximum Gasteiger partial charge on any atom is 0.419 e. The summed E-state index contributed by atoms with van der Waals surface area (Å²) in [6.07, 6.45) is -1.57. The molecule has 5 heterocycles. The number of rotatable bonds is 5. The molecule has 1 fully saturated rings. The molecular weight excluding hydrogens is 630 g/mol. The lowest BCUT2D eigenvalue weighted by Gasteiger charge is -2.38. The fourth-order valence-electron chi connectivity index (χ4n) is 4.27. The molecule has 45 heavy (non-hydrogen) atoms. The summed E-state index contributed by atoms with van der Waals surface area (Å²) in [6.45, 7) is 4.40. The Balaban J connectivity index is 0.000000354. The van der Waals surface area contributed by atoms with Gasteiger partial charge >= 0.3 is 18.4 Å². The number of ether oxygens (including phenoxy) is 1. The Kier molecular flexibility index (Phi) is 10.5. The summed E-state index contributed by atoms with van der Waals surface area (Å²) in [5.74, 6) is 0.387. The summed E-state index contributed by atoms with van der Waals surface area (Å²) < 4.78 is 79.2. The maximum atomic E-state index is 13.7. The summed E-state index contributed by atoms with van der Waals surface area (Å²) in [7, 11) is 0. The van der Waals surface area contributed by atoms with Crippen molar-refractivity contribution in [1.82, 2.24) is 39.8 Å². The maximum absolute atomic E-state index is 13.7. The molecule has 1 amide bonds. The number of hydrogen-bond acceptors (Lipinski definition) is 9. The lowest BCUT2D eigenvalue weighted by molar-refractivity contribution is -0.139. The van der Waals surface area contributed by atoms with Crippen LogP contribution in [-0.2, 0) is 12.4 Å². The first-order chi connectivity index (χ1) is 21.2. The summed E-state index contributed by atoms with van der Waals surface area (Å²) in [6, 6.07) is 4.77. The molecule has 0 N–H and O–H groups in total. The van der Waals surface area contributed by atoms with Gasteiger partial charge in [-0.05, 0) is 55.5 Å². The minimum absolute atomic E-state index is 0.0484. The Morgan fingerprint density at radius 3 is 2.07 bits per heavy atom. The Labute approximate surface area is 257 Å². The minimum atomic E-state index is -4.53. The number of pyridine rings is 1. The van der Waals surface area contributed by atoms with E-state index < -0.39 is 23.5 Å². The van der Waals surface area contributed by atoms with Crippen LogP contribution in [0.15, 0.2) is 55.4 Å². The van der Waals surface area contributed by atoms with E-state index in [1.54, 1.807) is 42.4 Å². The van der Waals surface area contributed by atoms with Gasteiger partial charge in [0.05, 0.1) is 22.7 Å². The van der Waals surface area contributed by atoms with E-state index in [1.807, 2.05) is 0 Å². The standard InChI is InChI=1S/C23H23F3N6O2.C5H2ClF3N2/c1-14-4-6-17(13-34-22-29-10-16(11-30-22)23(24,25)26)32(12-14)21(33)19-18(7-5-15(2)31-19)20-27-8-3-9-28-20;6-4-10-1-3(2-11-4)5(7,8)9/h3,5,7-11,14,17H,4,6,12-13H2,1-2H3;1-2H/t14-,17-;/m0./s1. The van der Waals surface area contributed by atoms with Gasteiger partial charge in [0.1, 0.15) is 12.3 Å². The van der Waals surface area contributed by atoms with Crippen molar-refractivity contribution in [3.05, 3.63) is 83.2 Å². The van der Waals surface area contributed by atoms with Gasteiger partial charge in [0.2, 0.25) is 5.28 Å². The van der Waals surface area contributed by atoms with E-state index in [2.05, 4.69) is 41.8 Å². The fraction of sp³-hybridized carbons (Fsp3) is 0.357. The van der Waals surface area contributed by atoms with Crippen LogP contribution in [0.1, 0.15) is 47.1 Å². The number of piperidine rings is 1. The van der Waals surface area contributed by atoms with Crippen LogP contribution in [0.5, 0.6) is 6.01 Å². The molecule has 2 atom stereocenters. The number of halogens is 7.